The average Bonchev–Trinajstić information content (AvgIpc) is 2.61. The lowest BCUT2D eigenvalue weighted by molar-refractivity contribution is -0.117. The molecule has 0 bridgehead atoms. The molecule has 1 unspecified atom stereocenters. The molecular weight excluding hydrogens is 362 g/mol. The minimum absolute atomic E-state index is 0.176. The molecule has 92 valence electrons. The highest BCUT2D eigenvalue weighted by atomic mass is 127. The fourth-order valence-corrected chi connectivity index (χ4v) is 2.95. The van der Waals surface area contributed by atoms with Gasteiger partial charge in [0.1, 0.15) is 11.1 Å². The van der Waals surface area contributed by atoms with E-state index in [0.29, 0.717) is 5.82 Å². The highest BCUT2D eigenvalue weighted by molar-refractivity contribution is 14.1. The predicted molar refractivity (Wildman–Crippen MR) is 67.7 cm³/mol. The summed E-state index contributed by atoms with van der Waals surface area (Å²) in [7, 11) is -4.68. The molecule has 0 radical (unpaired) electrons. The number of carbonyl (C=O) groups is 1. The number of pyridine rings is 1. The topological polar surface area (TPSA) is 67.3 Å². The Kier molecular flexibility index (Phi) is 3.34. The van der Waals surface area contributed by atoms with Crippen molar-refractivity contribution >= 4 is 44.5 Å². The molecule has 2 rings (SSSR count). The number of hydrogen-bond acceptors (Lipinski definition) is 4. The fraction of sp³-hybridized carbons (Fsp3) is 0.333. The summed E-state index contributed by atoms with van der Waals surface area (Å²) in [6.45, 7) is -0.176. The maximum Gasteiger partial charge on any atom is 0.307 e. The minimum Gasteiger partial charge on any atom is -0.294 e. The van der Waals surface area contributed by atoms with Crippen LogP contribution in [0.3, 0.4) is 0 Å². The second-order valence-corrected chi connectivity index (χ2v) is 6.39. The molecule has 0 spiro atoms. The van der Waals surface area contributed by atoms with Crippen molar-refractivity contribution in [2.75, 3.05) is 11.4 Å². The van der Waals surface area contributed by atoms with E-state index in [1.807, 2.05) is 22.6 Å². The van der Waals surface area contributed by atoms with E-state index in [1.54, 1.807) is 12.1 Å². The molecule has 1 atom stereocenters. The lowest BCUT2D eigenvalue weighted by Crippen LogP contribution is -2.28. The molecule has 0 N–H and O–H groups in total. The van der Waals surface area contributed by atoms with Crippen LogP contribution < -0.4 is 4.90 Å². The zero-order chi connectivity index (χ0) is 12.6. The first-order chi connectivity index (χ1) is 7.89. The molecule has 1 aromatic rings. The van der Waals surface area contributed by atoms with E-state index in [2.05, 4.69) is 4.98 Å². The number of hydrogen-bond donors (Lipinski definition) is 0. The summed E-state index contributed by atoms with van der Waals surface area (Å²) in [4.78, 5) is 16.9. The summed E-state index contributed by atoms with van der Waals surface area (Å²) in [6, 6.07) is 3.45. The summed E-state index contributed by atoms with van der Waals surface area (Å²) in [5, 5.41) is -1.28. The Morgan fingerprint density at radius 1 is 1.53 bits per heavy atom. The van der Waals surface area contributed by atoms with E-state index in [-0.39, 0.29) is 13.0 Å². The van der Waals surface area contributed by atoms with Crippen LogP contribution in [0.1, 0.15) is 6.42 Å². The Labute approximate surface area is 111 Å². The smallest absolute Gasteiger partial charge is 0.294 e. The molecule has 5 nitrogen and oxygen atoms in total. The van der Waals surface area contributed by atoms with Crippen LogP contribution in [0.2, 0.25) is 0 Å². The number of anilines is 1. The van der Waals surface area contributed by atoms with Gasteiger partial charge in [0.25, 0.3) is 0 Å². The van der Waals surface area contributed by atoms with Crippen LogP contribution in [0.25, 0.3) is 0 Å². The first-order valence-electron chi connectivity index (χ1n) is 4.74. The number of amides is 1. The van der Waals surface area contributed by atoms with Crippen molar-refractivity contribution in [2.24, 2.45) is 0 Å². The highest BCUT2D eigenvalue weighted by Crippen LogP contribution is 2.27. The summed E-state index contributed by atoms with van der Waals surface area (Å²) >= 11 is 1.99. The fourth-order valence-electron chi connectivity index (χ4n) is 1.64. The van der Waals surface area contributed by atoms with Crippen LogP contribution in [-0.2, 0) is 15.0 Å². The largest absolute Gasteiger partial charge is 0.307 e. The predicted octanol–water partition coefficient (Wildman–Crippen LogP) is 1.09. The van der Waals surface area contributed by atoms with Crippen LogP contribution >= 0.6 is 22.6 Å². The monoisotopic (exact) mass is 370 g/mol. The third-order valence-electron chi connectivity index (χ3n) is 2.48. The maximum absolute atomic E-state index is 12.8. The van der Waals surface area contributed by atoms with Gasteiger partial charge in [-0.1, -0.05) is 0 Å². The molecule has 1 aromatic heterocycles. The molecular formula is C9H8FIN2O3S. The van der Waals surface area contributed by atoms with Gasteiger partial charge in [-0.2, -0.15) is 8.42 Å². The van der Waals surface area contributed by atoms with Gasteiger partial charge in [-0.15, -0.1) is 3.89 Å². The van der Waals surface area contributed by atoms with E-state index in [1.165, 1.54) is 11.1 Å². The van der Waals surface area contributed by atoms with Gasteiger partial charge in [0, 0.05) is 19.2 Å². The molecule has 1 fully saturated rings. The van der Waals surface area contributed by atoms with E-state index < -0.39 is 21.4 Å². The lowest BCUT2D eigenvalue weighted by Gasteiger charge is -2.15. The summed E-state index contributed by atoms with van der Waals surface area (Å²) < 4.78 is 35.1. The SMILES string of the molecule is O=C1CC(S(=O)(=O)F)CN1c1ncccc1I. The van der Waals surface area contributed by atoms with Crippen LogP contribution in [0.4, 0.5) is 9.70 Å². The standard InChI is InChI=1S/C9H8FIN2O3S/c10-17(15,16)6-4-8(14)13(5-6)9-7(11)2-1-3-12-9/h1-3,6H,4-5H2. The first-order valence-corrected chi connectivity index (χ1v) is 7.26. The Morgan fingerprint density at radius 2 is 2.24 bits per heavy atom. The molecule has 8 heteroatoms. The molecule has 0 saturated carbocycles. The Bertz CT molecular complexity index is 563. The van der Waals surface area contributed by atoms with Crippen molar-refractivity contribution in [1.82, 2.24) is 4.98 Å². The normalized spacial score (nSPS) is 20.9. The van der Waals surface area contributed by atoms with Gasteiger partial charge in [-0.3, -0.25) is 9.69 Å². The highest BCUT2D eigenvalue weighted by Gasteiger charge is 2.40. The number of nitrogens with zero attached hydrogens (tertiary/aromatic N) is 2. The van der Waals surface area contributed by atoms with Crippen molar-refractivity contribution in [3.05, 3.63) is 21.9 Å². The molecule has 0 aliphatic carbocycles. The molecule has 17 heavy (non-hydrogen) atoms. The van der Waals surface area contributed by atoms with Gasteiger partial charge in [-0.05, 0) is 34.7 Å². The summed E-state index contributed by atoms with van der Waals surface area (Å²) in [5.41, 5.74) is 0. The third-order valence-corrected chi connectivity index (χ3v) is 4.44. The van der Waals surface area contributed by atoms with Gasteiger partial charge in [-0.25, -0.2) is 4.98 Å². The van der Waals surface area contributed by atoms with E-state index in [4.69, 9.17) is 0 Å². The molecule has 0 aromatic carbocycles. The van der Waals surface area contributed by atoms with Gasteiger partial charge < -0.3 is 0 Å². The molecule has 2 heterocycles. The molecule has 1 saturated heterocycles. The first kappa shape index (κ1) is 12.7. The van der Waals surface area contributed by atoms with Gasteiger partial charge in [0.05, 0.1) is 3.57 Å². The lowest BCUT2D eigenvalue weighted by atomic mass is 10.4. The summed E-state index contributed by atoms with van der Waals surface area (Å²) in [6.07, 6.45) is 1.17. The van der Waals surface area contributed by atoms with E-state index in [0.717, 1.165) is 3.57 Å². The Morgan fingerprint density at radius 3 is 2.76 bits per heavy atom. The third kappa shape index (κ3) is 2.57. The second kappa shape index (κ2) is 4.48. The average molecular weight is 370 g/mol. The molecule has 1 aliphatic heterocycles. The number of halogens is 2. The Hall–Kier alpha value is -0.770. The van der Waals surface area contributed by atoms with Gasteiger partial charge >= 0.3 is 10.2 Å². The van der Waals surface area contributed by atoms with Gasteiger partial charge in [0.2, 0.25) is 5.91 Å². The second-order valence-electron chi connectivity index (χ2n) is 3.61. The van der Waals surface area contributed by atoms with Crippen molar-refractivity contribution in [3.63, 3.8) is 0 Å². The molecule has 1 amide bonds. The quantitative estimate of drug-likeness (QED) is 0.578. The Balaban J connectivity index is 2.31. The van der Waals surface area contributed by atoms with Crippen molar-refractivity contribution in [2.45, 2.75) is 11.7 Å². The number of carbonyl (C=O) groups excluding carboxylic acids is 1. The van der Waals surface area contributed by atoms with E-state index in [9.17, 15) is 17.1 Å². The summed E-state index contributed by atoms with van der Waals surface area (Å²) in [5.74, 6) is -0.0444. The van der Waals surface area contributed by atoms with Crippen LogP contribution in [0.5, 0.6) is 0 Å². The number of rotatable bonds is 2. The van der Waals surface area contributed by atoms with Crippen molar-refractivity contribution in [1.29, 1.82) is 0 Å². The van der Waals surface area contributed by atoms with Crippen LogP contribution in [0.15, 0.2) is 18.3 Å². The van der Waals surface area contributed by atoms with Crippen molar-refractivity contribution < 1.29 is 17.1 Å². The zero-order valence-electron chi connectivity index (χ0n) is 8.51. The van der Waals surface area contributed by atoms with Crippen molar-refractivity contribution in [3.8, 4) is 0 Å². The zero-order valence-corrected chi connectivity index (χ0v) is 11.5. The number of aromatic nitrogens is 1. The van der Waals surface area contributed by atoms with Crippen LogP contribution in [0, 0.1) is 3.57 Å². The van der Waals surface area contributed by atoms with E-state index >= 15 is 0 Å². The minimum atomic E-state index is -4.68. The van der Waals surface area contributed by atoms with Crippen LogP contribution in [-0.4, -0.2) is 31.1 Å². The maximum atomic E-state index is 12.8. The molecule has 1 aliphatic rings. The van der Waals surface area contributed by atoms with Gasteiger partial charge in [0.15, 0.2) is 0 Å².